The summed E-state index contributed by atoms with van der Waals surface area (Å²) in [6.45, 7) is 2.24. The van der Waals surface area contributed by atoms with E-state index >= 15 is 0 Å². The van der Waals surface area contributed by atoms with Crippen LogP contribution in [0.3, 0.4) is 0 Å². The minimum atomic E-state index is -0.489. The van der Waals surface area contributed by atoms with Gasteiger partial charge >= 0.3 is 0 Å². The van der Waals surface area contributed by atoms with Gasteiger partial charge in [0.2, 0.25) is 0 Å². The minimum Gasteiger partial charge on any atom is -0.353 e. The zero-order chi connectivity index (χ0) is 19.5. The Labute approximate surface area is 167 Å². The zero-order valence-electron chi connectivity index (χ0n) is 15.1. The molecule has 3 aromatic rings. The van der Waals surface area contributed by atoms with E-state index in [9.17, 15) is 9.18 Å². The molecular formula is C21H18ClFN4O. The smallest absolute Gasteiger partial charge is 0.256 e. The molecule has 4 rings (SSSR count). The van der Waals surface area contributed by atoms with Crippen LogP contribution in [0.4, 0.5) is 10.2 Å². The molecule has 28 heavy (non-hydrogen) atoms. The quantitative estimate of drug-likeness (QED) is 0.673. The molecule has 1 aliphatic heterocycles. The van der Waals surface area contributed by atoms with Gasteiger partial charge in [-0.2, -0.15) is 0 Å². The number of aromatic nitrogens is 2. The number of carbonyl (C=O) groups excluding carboxylic acids is 1. The maximum Gasteiger partial charge on any atom is 0.256 e. The number of amides is 1. The predicted octanol–water partition coefficient (Wildman–Crippen LogP) is 3.90. The fraction of sp³-hybridized carbons (Fsp3) is 0.190. The van der Waals surface area contributed by atoms with Crippen LogP contribution in [0.2, 0.25) is 5.02 Å². The largest absolute Gasteiger partial charge is 0.353 e. The van der Waals surface area contributed by atoms with E-state index in [-0.39, 0.29) is 11.5 Å². The van der Waals surface area contributed by atoms with E-state index in [4.69, 9.17) is 11.6 Å². The Hall–Kier alpha value is -2.99. The summed E-state index contributed by atoms with van der Waals surface area (Å²) in [4.78, 5) is 25.3. The van der Waals surface area contributed by atoms with Crippen molar-refractivity contribution in [3.8, 4) is 11.4 Å². The summed E-state index contributed by atoms with van der Waals surface area (Å²) in [5.74, 6) is 0.629. The van der Waals surface area contributed by atoms with Gasteiger partial charge in [0.05, 0.1) is 5.56 Å². The second kappa shape index (κ2) is 7.94. The average molecular weight is 397 g/mol. The van der Waals surface area contributed by atoms with Gasteiger partial charge in [-0.15, -0.1) is 0 Å². The molecule has 142 valence electrons. The van der Waals surface area contributed by atoms with Gasteiger partial charge < -0.3 is 9.80 Å². The third-order valence-corrected chi connectivity index (χ3v) is 4.95. The van der Waals surface area contributed by atoms with Crippen LogP contribution in [-0.4, -0.2) is 47.0 Å². The lowest BCUT2D eigenvalue weighted by Crippen LogP contribution is -2.49. The molecule has 0 spiro atoms. The highest BCUT2D eigenvalue weighted by atomic mass is 35.5. The summed E-state index contributed by atoms with van der Waals surface area (Å²) in [7, 11) is 0. The van der Waals surface area contributed by atoms with Crippen molar-refractivity contribution < 1.29 is 9.18 Å². The second-order valence-electron chi connectivity index (χ2n) is 6.51. The van der Waals surface area contributed by atoms with Gasteiger partial charge in [0.25, 0.3) is 5.91 Å². The molecule has 1 fully saturated rings. The first-order valence-corrected chi connectivity index (χ1v) is 9.37. The molecule has 2 aromatic carbocycles. The van der Waals surface area contributed by atoms with Gasteiger partial charge in [-0.05, 0) is 30.3 Å². The number of rotatable bonds is 3. The number of carbonyl (C=O) groups is 1. The van der Waals surface area contributed by atoms with Gasteiger partial charge in [-0.1, -0.05) is 35.9 Å². The second-order valence-corrected chi connectivity index (χ2v) is 6.94. The van der Waals surface area contributed by atoms with E-state index in [0.29, 0.717) is 37.0 Å². The first-order chi connectivity index (χ1) is 13.6. The van der Waals surface area contributed by atoms with Crippen LogP contribution in [-0.2, 0) is 0 Å². The highest BCUT2D eigenvalue weighted by molar-refractivity contribution is 6.30. The molecule has 0 bridgehead atoms. The number of hydrogen-bond acceptors (Lipinski definition) is 4. The van der Waals surface area contributed by atoms with Crippen molar-refractivity contribution in [2.24, 2.45) is 0 Å². The molecule has 0 aliphatic carbocycles. The highest BCUT2D eigenvalue weighted by Gasteiger charge is 2.24. The van der Waals surface area contributed by atoms with Crippen molar-refractivity contribution in [3.63, 3.8) is 0 Å². The average Bonchev–Trinajstić information content (AvgIpc) is 2.74. The number of piperazine rings is 1. The molecule has 0 radical (unpaired) electrons. The van der Waals surface area contributed by atoms with Gasteiger partial charge in [-0.3, -0.25) is 4.79 Å². The Balaban J connectivity index is 1.46. The van der Waals surface area contributed by atoms with Crippen LogP contribution >= 0.6 is 11.6 Å². The van der Waals surface area contributed by atoms with Gasteiger partial charge in [-0.25, -0.2) is 14.4 Å². The predicted molar refractivity (Wildman–Crippen MR) is 107 cm³/mol. The van der Waals surface area contributed by atoms with Crippen molar-refractivity contribution >= 4 is 23.3 Å². The zero-order valence-corrected chi connectivity index (χ0v) is 15.8. The molecule has 0 N–H and O–H groups in total. The van der Waals surface area contributed by atoms with E-state index in [0.717, 1.165) is 11.4 Å². The molecule has 0 saturated carbocycles. The monoisotopic (exact) mass is 396 g/mol. The number of halogens is 2. The molecule has 0 atom stereocenters. The molecule has 2 heterocycles. The normalized spacial score (nSPS) is 14.2. The van der Waals surface area contributed by atoms with Crippen molar-refractivity contribution in [1.82, 2.24) is 14.9 Å². The van der Waals surface area contributed by atoms with Crippen molar-refractivity contribution in [1.29, 1.82) is 0 Å². The first-order valence-electron chi connectivity index (χ1n) is 8.99. The summed E-state index contributed by atoms with van der Waals surface area (Å²) in [6, 6.07) is 15.3. The molecule has 1 aromatic heterocycles. The lowest BCUT2D eigenvalue weighted by atomic mass is 10.1. The van der Waals surface area contributed by atoms with E-state index < -0.39 is 5.82 Å². The van der Waals surface area contributed by atoms with Crippen LogP contribution in [0, 0.1) is 5.82 Å². The van der Waals surface area contributed by atoms with Crippen molar-refractivity contribution in [2.45, 2.75) is 0 Å². The Morgan fingerprint density at radius 2 is 1.79 bits per heavy atom. The third kappa shape index (κ3) is 3.82. The van der Waals surface area contributed by atoms with Crippen LogP contribution in [0.1, 0.15) is 10.4 Å². The van der Waals surface area contributed by atoms with Gasteiger partial charge in [0.15, 0.2) is 5.82 Å². The fourth-order valence-electron chi connectivity index (χ4n) is 3.24. The summed E-state index contributed by atoms with van der Waals surface area (Å²) in [5, 5.41) is 0.631. The Morgan fingerprint density at radius 3 is 2.54 bits per heavy atom. The lowest BCUT2D eigenvalue weighted by Gasteiger charge is -2.35. The lowest BCUT2D eigenvalue weighted by molar-refractivity contribution is 0.0742. The number of nitrogens with zero attached hydrogens (tertiary/aromatic N) is 4. The highest BCUT2D eigenvalue weighted by Crippen LogP contribution is 2.22. The third-order valence-electron chi connectivity index (χ3n) is 4.72. The molecule has 1 saturated heterocycles. The Bertz CT molecular complexity index is 1000. The standard InChI is InChI=1S/C21H18ClFN4O/c22-16-5-3-4-15(14-16)20-24-9-8-19(25-20)26-10-12-27(13-11-26)21(28)17-6-1-2-7-18(17)23/h1-9,14H,10-13H2. The first kappa shape index (κ1) is 18.4. The summed E-state index contributed by atoms with van der Waals surface area (Å²) >= 11 is 6.06. The van der Waals surface area contributed by atoms with E-state index in [1.807, 2.05) is 24.3 Å². The van der Waals surface area contributed by atoms with Gasteiger partial charge in [0, 0.05) is 43.0 Å². The molecule has 5 nitrogen and oxygen atoms in total. The maximum atomic E-state index is 13.9. The van der Waals surface area contributed by atoms with Crippen LogP contribution in [0.25, 0.3) is 11.4 Å². The van der Waals surface area contributed by atoms with Crippen molar-refractivity contribution in [3.05, 3.63) is 77.2 Å². The number of hydrogen-bond donors (Lipinski definition) is 0. The van der Waals surface area contributed by atoms with Crippen LogP contribution < -0.4 is 4.90 Å². The molecule has 1 aliphatic rings. The van der Waals surface area contributed by atoms with Crippen LogP contribution in [0.5, 0.6) is 0 Å². The Morgan fingerprint density at radius 1 is 1.00 bits per heavy atom. The van der Waals surface area contributed by atoms with Crippen molar-refractivity contribution in [2.75, 3.05) is 31.1 Å². The summed E-state index contributed by atoms with van der Waals surface area (Å²) in [5.41, 5.74) is 0.962. The maximum absolute atomic E-state index is 13.9. The fourth-order valence-corrected chi connectivity index (χ4v) is 3.43. The molecule has 0 unspecified atom stereocenters. The van der Waals surface area contributed by atoms with E-state index in [1.54, 1.807) is 29.3 Å². The minimum absolute atomic E-state index is 0.112. The number of benzene rings is 2. The molecule has 1 amide bonds. The summed E-state index contributed by atoms with van der Waals surface area (Å²) in [6.07, 6.45) is 1.72. The SMILES string of the molecule is O=C(c1ccccc1F)N1CCN(c2ccnc(-c3cccc(Cl)c3)n2)CC1. The Kier molecular flexibility index (Phi) is 5.21. The topological polar surface area (TPSA) is 49.3 Å². The molecule has 7 heteroatoms. The number of anilines is 1. The summed E-state index contributed by atoms with van der Waals surface area (Å²) < 4.78 is 13.9. The molecular weight excluding hydrogens is 379 g/mol. The van der Waals surface area contributed by atoms with E-state index in [1.165, 1.54) is 12.1 Å². The van der Waals surface area contributed by atoms with Gasteiger partial charge in [0.1, 0.15) is 11.6 Å². The van der Waals surface area contributed by atoms with Crippen LogP contribution in [0.15, 0.2) is 60.8 Å². The van der Waals surface area contributed by atoms with E-state index in [2.05, 4.69) is 14.9 Å².